The lowest BCUT2D eigenvalue weighted by Crippen LogP contribution is -2.09. The summed E-state index contributed by atoms with van der Waals surface area (Å²) in [5.74, 6) is -1.01. The van der Waals surface area contributed by atoms with Crippen molar-refractivity contribution in [2.75, 3.05) is 6.61 Å². The van der Waals surface area contributed by atoms with Crippen LogP contribution in [0.4, 0.5) is 0 Å². The van der Waals surface area contributed by atoms with Gasteiger partial charge in [0.25, 0.3) is 5.91 Å². The molecule has 0 aromatic heterocycles. The summed E-state index contributed by atoms with van der Waals surface area (Å²) >= 11 is 1.10. The van der Waals surface area contributed by atoms with E-state index in [-0.39, 0.29) is 11.1 Å². The van der Waals surface area contributed by atoms with Crippen LogP contribution < -0.4 is 10.5 Å². The predicted molar refractivity (Wildman–Crippen MR) is 71.8 cm³/mol. The molecule has 0 unspecified atom stereocenters. The minimum absolute atomic E-state index is 0.217. The number of amides is 1. The number of aliphatic carboxylic acids is 1. The molecule has 0 fully saturated rings. The molecule has 7 heteroatoms. The number of amidine groups is 1. The van der Waals surface area contributed by atoms with Gasteiger partial charge in [-0.1, -0.05) is 12.1 Å². The van der Waals surface area contributed by atoms with Gasteiger partial charge < -0.3 is 15.6 Å². The fourth-order valence-corrected chi connectivity index (χ4v) is 2.10. The predicted octanol–water partition coefficient (Wildman–Crippen LogP) is 1.08. The molecule has 1 aliphatic rings. The van der Waals surface area contributed by atoms with Gasteiger partial charge in [-0.05, 0) is 35.5 Å². The third kappa shape index (κ3) is 3.59. The Bertz CT molecular complexity index is 595. The first-order valence-corrected chi connectivity index (χ1v) is 6.09. The van der Waals surface area contributed by atoms with Gasteiger partial charge in [-0.2, -0.15) is 4.99 Å². The third-order valence-corrected chi connectivity index (χ3v) is 2.97. The first-order chi connectivity index (χ1) is 9.04. The fraction of sp³-hybridized carbons (Fsp3) is 0.0833. The van der Waals surface area contributed by atoms with Crippen LogP contribution in [-0.2, 0) is 9.59 Å². The van der Waals surface area contributed by atoms with Crippen LogP contribution in [-0.4, -0.2) is 28.8 Å². The van der Waals surface area contributed by atoms with Crippen molar-refractivity contribution >= 4 is 34.9 Å². The Hall–Kier alpha value is -2.28. The second-order valence-electron chi connectivity index (χ2n) is 3.62. The van der Waals surface area contributed by atoms with Crippen LogP contribution in [0.15, 0.2) is 34.2 Å². The molecule has 1 amide bonds. The Morgan fingerprint density at radius 1 is 1.53 bits per heavy atom. The number of nitrogens with two attached hydrogens (primary N) is 1. The maximum Gasteiger partial charge on any atom is 0.341 e. The van der Waals surface area contributed by atoms with Crippen molar-refractivity contribution in [3.8, 4) is 5.75 Å². The van der Waals surface area contributed by atoms with Crippen LogP contribution in [0.25, 0.3) is 6.08 Å². The number of aliphatic imine (C=N–C) groups is 1. The van der Waals surface area contributed by atoms with E-state index in [1.165, 1.54) is 0 Å². The Kier molecular flexibility index (Phi) is 3.86. The highest BCUT2D eigenvalue weighted by atomic mass is 32.2. The van der Waals surface area contributed by atoms with E-state index >= 15 is 0 Å². The molecule has 6 nitrogen and oxygen atoms in total. The maximum absolute atomic E-state index is 11.4. The van der Waals surface area contributed by atoms with Crippen LogP contribution in [0.5, 0.6) is 5.75 Å². The van der Waals surface area contributed by atoms with E-state index in [4.69, 9.17) is 15.6 Å². The van der Waals surface area contributed by atoms with Crippen LogP contribution in [0.2, 0.25) is 0 Å². The summed E-state index contributed by atoms with van der Waals surface area (Å²) in [5, 5.41) is 8.74. The molecule has 0 spiro atoms. The molecule has 0 aliphatic carbocycles. The van der Waals surface area contributed by atoms with E-state index < -0.39 is 12.6 Å². The van der Waals surface area contributed by atoms with Crippen LogP contribution in [0, 0.1) is 0 Å². The Morgan fingerprint density at radius 3 is 2.95 bits per heavy atom. The van der Waals surface area contributed by atoms with E-state index in [2.05, 4.69) is 4.99 Å². The number of thioether (sulfide) groups is 1. The molecule has 0 saturated carbocycles. The molecule has 2 rings (SSSR count). The standard InChI is InChI=1S/C12H10N2O4S/c13-12-14-11(17)9(19-12)5-7-2-1-3-8(4-7)18-6-10(15)16/h1-5H,6H2,(H,15,16)(H2,13,14,17). The zero-order valence-electron chi connectivity index (χ0n) is 9.70. The molecule has 19 heavy (non-hydrogen) atoms. The van der Waals surface area contributed by atoms with E-state index in [9.17, 15) is 9.59 Å². The number of hydrogen-bond acceptors (Lipinski definition) is 5. The molecule has 3 N–H and O–H groups in total. The van der Waals surface area contributed by atoms with Crippen LogP contribution in [0.3, 0.4) is 0 Å². The molecule has 1 aliphatic heterocycles. The van der Waals surface area contributed by atoms with Crippen LogP contribution >= 0.6 is 11.8 Å². The molecule has 1 heterocycles. The van der Waals surface area contributed by atoms with Gasteiger partial charge in [0.15, 0.2) is 11.8 Å². The van der Waals surface area contributed by atoms with Gasteiger partial charge in [0.1, 0.15) is 5.75 Å². The van der Waals surface area contributed by atoms with Crippen molar-refractivity contribution in [1.82, 2.24) is 0 Å². The van der Waals surface area contributed by atoms with Gasteiger partial charge in [0.05, 0.1) is 4.91 Å². The number of hydrogen-bond donors (Lipinski definition) is 2. The van der Waals surface area contributed by atoms with Crippen molar-refractivity contribution in [1.29, 1.82) is 0 Å². The molecule has 1 aromatic rings. The molecule has 0 atom stereocenters. The van der Waals surface area contributed by atoms with E-state index in [0.717, 1.165) is 11.8 Å². The Morgan fingerprint density at radius 2 is 2.32 bits per heavy atom. The lowest BCUT2D eigenvalue weighted by molar-refractivity contribution is -0.139. The van der Waals surface area contributed by atoms with Crippen molar-refractivity contribution in [3.63, 3.8) is 0 Å². The van der Waals surface area contributed by atoms with Crippen molar-refractivity contribution < 1.29 is 19.4 Å². The number of carbonyl (C=O) groups excluding carboxylic acids is 1. The number of rotatable bonds is 4. The number of carboxylic acids is 1. The van der Waals surface area contributed by atoms with Crippen molar-refractivity contribution in [3.05, 3.63) is 34.7 Å². The van der Waals surface area contributed by atoms with E-state index in [1.54, 1.807) is 30.3 Å². The lowest BCUT2D eigenvalue weighted by atomic mass is 10.2. The molecule has 98 valence electrons. The molecular weight excluding hydrogens is 268 g/mol. The number of nitrogens with zero attached hydrogens (tertiary/aromatic N) is 1. The molecule has 0 bridgehead atoms. The summed E-state index contributed by atoms with van der Waals surface area (Å²) < 4.78 is 5.05. The summed E-state index contributed by atoms with van der Waals surface area (Å²) in [6, 6.07) is 6.75. The summed E-state index contributed by atoms with van der Waals surface area (Å²) in [4.78, 5) is 25.8. The van der Waals surface area contributed by atoms with Gasteiger partial charge in [-0.15, -0.1) is 0 Å². The van der Waals surface area contributed by atoms with Gasteiger partial charge in [0, 0.05) is 0 Å². The summed E-state index contributed by atoms with van der Waals surface area (Å²) in [7, 11) is 0. The van der Waals surface area contributed by atoms with Gasteiger partial charge in [-0.25, -0.2) is 4.79 Å². The fourth-order valence-electron chi connectivity index (χ4n) is 1.42. The van der Waals surface area contributed by atoms with Crippen molar-refractivity contribution in [2.45, 2.75) is 0 Å². The Balaban J connectivity index is 2.13. The summed E-state index contributed by atoms with van der Waals surface area (Å²) in [5.41, 5.74) is 6.15. The number of carboxylic acid groups (broad SMARTS) is 1. The highest BCUT2D eigenvalue weighted by molar-refractivity contribution is 8.18. The minimum Gasteiger partial charge on any atom is -0.482 e. The molecular formula is C12H10N2O4S. The number of ether oxygens (including phenoxy) is 1. The zero-order valence-corrected chi connectivity index (χ0v) is 10.5. The largest absolute Gasteiger partial charge is 0.482 e. The van der Waals surface area contributed by atoms with Gasteiger partial charge in [-0.3, -0.25) is 4.79 Å². The van der Waals surface area contributed by atoms with Crippen LogP contribution in [0.1, 0.15) is 5.56 Å². The summed E-state index contributed by atoms with van der Waals surface area (Å²) in [6.45, 7) is -0.413. The maximum atomic E-state index is 11.4. The second-order valence-corrected chi connectivity index (χ2v) is 4.68. The zero-order chi connectivity index (χ0) is 13.8. The highest BCUT2D eigenvalue weighted by Gasteiger charge is 2.19. The minimum atomic E-state index is -1.05. The lowest BCUT2D eigenvalue weighted by Gasteiger charge is -2.04. The molecule has 0 saturated heterocycles. The van der Waals surface area contributed by atoms with E-state index in [0.29, 0.717) is 16.2 Å². The first-order valence-electron chi connectivity index (χ1n) is 5.27. The summed E-state index contributed by atoms with van der Waals surface area (Å²) in [6.07, 6.45) is 1.63. The van der Waals surface area contributed by atoms with Gasteiger partial charge in [0.2, 0.25) is 0 Å². The first kappa shape index (κ1) is 13.2. The quantitative estimate of drug-likeness (QED) is 0.799. The third-order valence-electron chi connectivity index (χ3n) is 2.16. The molecule has 1 aromatic carbocycles. The molecule has 0 radical (unpaired) electrons. The van der Waals surface area contributed by atoms with Gasteiger partial charge >= 0.3 is 5.97 Å². The Labute approximate surface area is 113 Å². The normalized spacial score (nSPS) is 16.5. The smallest absolute Gasteiger partial charge is 0.341 e. The number of carbonyl (C=O) groups is 2. The average molecular weight is 278 g/mol. The average Bonchev–Trinajstić information content (AvgIpc) is 2.66. The SMILES string of the molecule is NC1=NC(=O)C(=Cc2cccc(OCC(=O)O)c2)S1. The second kappa shape index (κ2) is 5.57. The topological polar surface area (TPSA) is 102 Å². The van der Waals surface area contributed by atoms with E-state index in [1.807, 2.05) is 0 Å². The highest BCUT2D eigenvalue weighted by Crippen LogP contribution is 2.27. The monoisotopic (exact) mass is 278 g/mol. The van der Waals surface area contributed by atoms with Crippen molar-refractivity contribution in [2.24, 2.45) is 10.7 Å². The number of benzene rings is 1.